The van der Waals surface area contributed by atoms with Crippen LogP contribution in [0.2, 0.25) is 0 Å². The van der Waals surface area contributed by atoms with E-state index < -0.39 is 0 Å². The van der Waals surface area contributed by atoms with Crippen molar-refractivity contribution in [1.82, 2.24) is 14.7 Å². The normalized spacial score (nSPS) is 25.2. The third-order valence-corrected chi connectivity index (χ3v) is 4.22. The molecule has 1 aromatic heterocycles. The zero-order chi connectivity index (χ0) is 15.5. The van der Waals surface area contributed by atoms with Crippen molar-refractivity contribution in [2.75, 3.05) is 25.0 Å². The maximum absolute atomic E-state index is 12.4. The van der Waals surface area contributed by atoms with Crippen molar-refractivity contribution in [3.8, 4) is 0 Å². The number of hydrogen-bond acceptors (Lipinski definition) is 4. The third kappa shape index (κ3) is 3.30. The fraction of sp³-hybridized carbons (Fsp3) is 0.667. The molecule has 0 bridgehead atoms. The van der Waals surface area contributed by atoms with Crippen LogP contribution in [0.1, 0.15) is 38.6 Å². The van der Waals surface area contributed by atoms with Gasteiger partial charge in [0.25, 0.3) is 5.91 Å². The number of hydrogen-bond donors (Lipinski definition) is 1. The molecule has 2 atom stereocenters. The Morgan fingerprint density at radius 2 is 2.23 bits per heavy atom. The van der Waals surface area contributed by atoms with Crippen LogP contribution in [0.4, 0.5) is 5.82 Å². The first-order chi connectivity index (χ1) is 10.6. The third-order valence-electron chi connectivity index (χ3n) is 4.22. The molecular weight excluding hydrogens is 284 g/mol. The van der Waals surface area contributed by atoms with Gasteiger partial charge in [-0.2, -0.15) is 5.10 Å². The van der Waals surface area contributed by atoms with Crippen molar-refractivity contribution in [3.05, 3.63) is 12.3 Å². The molecule has 0 spiro atoms. The summed E-state index contributed by atoms with van der Waals surface area (Å²) in [6.07, 6.45) is 5.40. The summed E-state index contributed by atoms with van der Waals surface area (Å²) in [5.41, 5.74) is 0. The van der Waals surface area contributed by atoms with Gasteiger partial charge in [0.15, 0.2) is 5.82 Å². The van der Waals surface area contributed by atoms with Gasteiger partial charge in [-0.25, -0.2) is 0 Å². The molecule has 7 heteroatoms. The zero-order valence-corrected chi connectivity index (χ0v) is 12.8. The van der Waals surface area contributed by atoms with Gasteiger partial charge in [0.2, 0.25) is 5.91 Å². The van der Waals surface area contributed by atoms with Gasteiger partial charge in [-0.3, -0.25) is 14.3 Å². The van der Waals surface area contributed by atoms with Gasteiger partial charge in [-0.15, -0.1) is 0 Å². The molecule has 0 unspecified atom stereocenters. The highest BCUT2D eigenvalue weighted by molar-refractivity contribution is 5.87. The van der Waals surface area contributed by atoms with E-state index in [1.54, 1.807) is 6.07 Å². The Balaban J connectivity index is 1.58. The number of amides is 2. The molecule has 1 N–H and O–H groups in total. The number of likely N-dealkylation sites (tertiary alicyclic amines) is 1. The van der Waals surface area contributed by atoms with E-state index >= 15 is 0 Å². The van der Waals surface area contributed by atoms with Crippen molar-refractivity contribution >= 4 is 17.6 Å². The van der Waals surface area contributed by atoms with Crippen LogP contribution in [-0.4, -0.2) is 52.3 Å². The predicted octanol–water partition coefficient (Wildman–Crippen LogP) is 1.18. The average molecular weight is 306 g/mol. The minimum atomic E-state index is -0.264. The van der Waals surface area contributed by atoms with Gasteiger partial charge in [0.05, 0.1) is 6.04 Å². The van der Waals surface area contributed by atoms with Gasteiger partial charge in [0, 0.05) is 38.9 Å². The Morgan fingerprint density at radius 3 is 2.95 bits per heavy atom. The Morgan fingerprint density at radius 1 is 1.36 bits per heavy atom. The first-order valence-electron chi connectivity index (χ1n) is 7.86. The molecule has 2 aliphatic rings. The molecule has 2 aliphatic heterocycles. The lowest BCUT2D eigenvalue weighted by atomic mass is 10.1. The largest absolute Gasteiger partial charge is 0.368 e. The molecule has 2 amide bonds. The zero-order valence-electron chi connectivity index (χ0n) is 12.8. The molecule has 3 rings (SSSR count). The van der Waals surface area contributed by atoms with Gasteiger partial charge in [0.1, 0.15) is 6.10 Å². The lowest BCUT2D eigenvalue weighted by molar-refractivity contribution is -0.145. The molecule has 1 aromatic rings. The molecule has 3 heterocycles. The standard InChI is InChI=1S/C15H22N4O3/c1-11(20)16-14-6-8-19(17-14)12-5-7-18(10-12)15(21)13-4-2-3-9-22-13/h6,8,12-13H,2-5,7,9-10H2,1H3,(H,16,17,20)/t12-,13+/m1/s1. The minimum absolute atomic E-state index is 0.108. The number of ether oxygens (including phenoxy) is 1. The molecule has 0 saturated carbocycles. The molecule has 120 valence electrons. The van der Waals surface area contributed by atoms with Crippen LogP contribution in [0.5, 0.6) is 0 Å². The van der Waals surface area contributed by atoms with Gasteiger partial charge in [-0.1, -0.05) is 0 Å². The maximum atomic E-state index is 12.4. The van der Waals surface area contributed by atoms with Crippen molar-refractivity contribution in [1.29, 1.82) is 0 Å². The monoisotopic (exact) mass is 306 g/mol. The van der Waals surface area contributed by atoms with Crippen LogP contribution < -0.4 is 5.32 Å². The van der Waals surface area contributed by atoms with E-state index in [1.165, 1.54) is 6.92 Å². The van der Waals surface area contributed by atoms with Crippen LogP contribution in [-0.2, 0) is 14.3 Å². The fourth-order valence-corrected chi connectivity index (χ4v) is 3.09. The number of anilines is 1. The number of carbonyl (C=O) groups excluding carboxylic acids is 2. The van der Waals surface area contributed by atoms with E-state index in [-0.39, 0.29) is 24.0 Å². The number of rotatable bonds is 3. The molecule has 2 saturated heterocycles. The van der Waals surface area contributed by atoms with Crippen LogP contribution in [0.15, 0.2) is 12.3 Å². The number of aromatic nitrogens is 2. The first kappa shape index (κ1) is 15.0. The SMILES string of the molecule is CC(=O)Nc1ccn([C@@H]2CCN(C(=O)[C@@H]3CCCCO3)C2)n1. The predicted molar refractivity (Wildman–Crippen MR) is 80.4 cm³/mol. The molecule has 2 fully saturated rings. The Kier molecular flexibility index (Phi) is 4.42. The lowest BCUT2D eigenvalue weighted by Gasteiger charge is -2.26. The Bertz CT molecular complexity index is 551. The van der Waals surface area contributed by atoms with Gasteiger partial charge < -0.3 is 15.0 Å². The van der Waals surface area contributed by atoms with Crippen molar-refractivity contribution in [3.63, 3.8) is 0 Å². The van der Waals surface area contributed by atoms with E-state index in [9.17, 15) is 9.59 Å². The van der Waals surface area contributed by atoms with E-state index in [0.29, 0.717) is 19.0 Å². The molecular formula is C15H22N4O3. The van der Waals surface area contributed by atoms with Crippen LogP contribution in [0.3, 0.4) is 0 Å². The van der Waals surface area contributed by atoms with Gasteiger partial charge >= 0.3 is 0 Å². The number of nitrogens with one attached hydrogen (secondary N) is 1. The molecule has 22 heavy (non-hydrogen) atoms. The van der Waals surface area contributed by atoms with Crippen LogP contribution in [0, 0.1) is 0 Å². The second kappa shape index (κ2) is 6.48. The van der Waals surface area contributed by atoms with E-state index in [2.05, 4.69) is 10.4 Å². The molecule has 7 nitrogen and oxygen atoms in total. The lowest BCUT2D eigenvalue weighted by Crippen LogP contribution is -2.40. The summed E-state index contributed by atoms with van der Waals surface area (Å²) in [5.74, 6) is 0.521. The van der Waals surface area contributed by atoms with Crippen molar-refractivity contribution in [2.45, 2.75) is 44.8 Å². The quantitative estimate of drug-likeness (QED) is 0.910. The molecule has 0 aliphatic carbocycles. The van der Waals surface area contributed by atoms with E-state index in [0.717, 1.165) is 32.2 Å². The maximum Gasteiger partial charge on any atom is 0.251 e. The van der Waals surface area contributed by atoms with Crippen molar-refractivity contribution in [2.24, 2.45) is 0 Å². The molecule has 0 radical (unpaired) electrons. The summed E-state index contributed by atoms with van der Waals surface area (Å²) >= 11 is 0. The summed E-state index contributed by atoms with van der Waals surface area (Å²) in [5, 5.41) is 7.02. The number of nitrogens with zero attached hydrogens (tertiary/aromatic N) is 3. The van der Waals surface area contributed by atoms with Crippen LogP contribution >= 0.6 is 0 Å². The average Bonchev–Trinajstić information content (AvgIpc) is 3.15. The fourth-order valence-electron chi connectivity index (χ4n) is 3.09. The van der Waals surface area contributed by atoms with Gasteiger partial charge in [-0.05, 0) is 25.7 Å². The van der Waals surface area contributed by atoms with Crippen molar-refractivity contribution < 1.29 is 14.3 Å². The first-order valence-corrected chi connectivity index (χ1v) is 7.86. The van der Waals surface area contributed by atoms with E-state index in [1.807, 2.05) is 15.8 Å². The summed E-state index contributed by atoms with van der Waals surface area (Å²) in [7, 11) is 0. The summed E-state index contributed by atoms with van der Waals surface area (Å²) < 4.78 is 7.41. The second-order valence-corrected chi connectivity index (χ2v) is 5.94. The molecule has 0 aromatic carbocycles. The topological polar surface area (TPSA) is 76.5 Å². The summed E-state index contributed by atoms with van der Waals surface area (Å²) in [6.45, 7) is 3.53. The summed E-state index contributed by atoms with van der Waals surface area (Å²) in [4.78, 5) is 25.4. The number of carbonyl (C=O) groups is 2. The Hall–Kier alpha value is -1.89. The summed E-state index contributed by atoms with van der Waals surface area (Å²) in [6, 6.07) is 1.94. The van der Waals surface area contributed by atoms with E-state index in [4.69, 9.17) is 4.74 Å². The van der Waals surface area contributed by atoms with Crippen LogP contribution in [0.25, 0.3) is 0 Å². The Labute approximate surface area is 129 Å². The highest BCUT2D eigenvalue weighted by Gasteiger charge is 2.33. The highest BCUT2D eigenvalue weighted by Crippen LogP contribution is 2.24. The second-order valence-electron chi connectivity index (χ2n) is 5.94. The smallest absolute Gasteiger partial charge is 0.251 e. The highest BCUT2D eigenvalue weighted by atomic mass is 16.5. The minimum Gasteiger partial charge on any atom is -0.368 e.